The van der Waals surface area contributed by atoms with E-state index in [4.69, 9.17) is 0 Å². The predicted octanol–water partition coefficient (Wildman–Crippen LogP) is 4.32. The molecule has 0 saturated carbocycles. The largest absolute Gasteiger partial charge is 0.147 e. The summed E-state index contributed by atoms with van der Waals surface area (Å²) in [6, 6.07) is 0. The van der Waals surface area contributed by atoms with Gasteiger partial charge in [0.15, 0.2) is 0 Å². The van der Waals surface area contributed by atoms with Gasteiger partial charge in [-0.3, -0.25) is 0 Å². The Bertz CT molecular complexity index is 76.9. The van der Waals surface area contributed by atoms with Crippen LogP contribution < -0.4 is 0 Å². The minimum absolute atomic E-state index is 0. The molecule has 0 nitrogen and oxygen atoms in total. The van der Waals surface area contributed by atoms with Crippen LogP contribution in [0.15, 0.2) is 12.7 Å². The topological polar surface area (TPSA) is 0 Å². The fourth-order valence-electron chi connectivity index (χ4n) is 0.898. The first kappa shape index (κ1) is 18.7. The molecule has 0 fully saturated rings. The number of hydrogen-bond donors (Lipinski definition) is 0. The van der Waals surface area contributed by atoms with Gasteiger partial charge in [-0.25, -0.2) is 0 Å². The van der Waals surface area contributed by atoms with Gasteiger partial charge in [0.2, 0.25) is 0 Å². The number of hydrogen-bond acceptors (Lipinski definition) is 0. The summed E-state index contributed by atoms with van der Waals surface area (Å²) in [5.74, 6) is 0. The molecule has 0 aromatic carbocycles. The quantitative estimate of drug-likeness (QED) is 0.373. The number of unbranched alkanes of at least 4 members (excludes halogenated alkanes) is 5. The molecule has 79 valence electrons. The zero-order chi connectivity index (χ0) is 7.66. The SMILES string of the molecule is C=CCCCCCC[CH2][Pd].Cl.Cl. The van der Waals surface area contributed by atoms with E-state index in [1.165, 1.54) is 43.4 Å². The molecule has 3 heteroatoms. The van der Waals surface area contributed by atoms with Crippen LogP contribution in [0.4, 0.5) is 0 Å². The van der Waals surface area contributed by atoms with E-state index in [2.05, 4.69) is 25.8 Å². The summed E-state index contributed by atoms with van der Waals surface area (Å²) in [5.41, 5.74) is 0. The van der Waals surface area contributed by atoms with E-state index < -0.39 is 0 Å². The van der Waals surface area contributed by atoms with Gasteiger partial charge < -0.3 is 0 Å². The standard InChI is InChI=1S/C9H17.2ClH.Pd/c1-3-5-7-9-8-6-4-2;;;/h3H,1-2,4-9H2;2*1H;. The van der Waals surface area contributed by atoms with E-state index in [9.17, 15) is 0 Å². The van der Waals surface area contributed by atoms with Crippen LogP contribution in [-0.4, -0.2) is 0 Å². The molecule has 0 amide bonds. The molecule has 0 aromatic heterocycles. The molecule has 0 bridgehead atoms. The molecule has 0 aliphatic heterocycles. The number of rotatable bonds is 7. The average molecular weight is 305 g/mol. The summed E-state index contributed by atoms with van der Waals surface area (Å²) < 4.78 is 0. The van der Waals surface area contributed by atoms with Gasteiger partial charge in [0, 0.05) is 0 Å². The van der Waals surface area contributed by atoms with Crippen molar-refractivity contribution in [3.8, 4) is 0 Å². The van der Waals surface area contributed by atoms with Crippen molar-refractivity contribution < 1.29 is 19.2 Å². The van der Waals surface area contributed by atoms with Gasteiger partial charge >= 0.3 is 75.3 Å². The first-order chi connectivity index (χ1) is 4.91. The second-order valence-electron chi connectivity index (χ2n) is 2.50. The van der Waals surface area contributed by atoms with Crippen molar-refractivity contribution in [3.05, 3.63) is 12.7 Å². The summed E-state index contributed by atoms with van der Waals surface area (Å²) in [5, 5.41) is 0. The molecule has 0 saturated heterocycles. The van der Waals surface area contributed by atoms with Crippen molar-refractivity contribution in [1.29, 1.82) is 0 Å². The zero-order valence-corrected chi connectivity index (χ0v) is 10.6. The second-order valence-corrected chi connectivity index (χ2v) is 3.28. The molecule has 0 unspecified atom stereocenters. The van der Waals surface area contributed by atoms with Crippen molar-refractivity contribution in [2.75, 3.05) is 0 Å². The molecular weight excluding hydrogens is 285 g/mol. The monoisotopic (exact) mass is 303 g/mol. The second kappa shape index (κ2) is 17.9. The van der Waals surface area contributed by atoms with Crippen LogP contribution in [-0.2, 0) is 19.2 Å². The molecule has 0 N–H and O–H groups in total. The summed E-state index contributed by atoms with van der Waals surface area (Å²) in [7, 11) is 0. The van der Waals surface area contributed by atoms with Gasteiger partial charge in [0.05, 0.1) is 0 Å². The third-order valence-corrected chi connectivity index (χ3v) is 2.07. The van der Waals surface area contributed by atoms with Crippen molar-refractivity contribution >= 4 is 24.8 Å². The van der Waals surface area contributed by atoms with E-state index in [-0.39, 0.29) is 24.8 Å². The maximum atomic E-state index is 3.69. The Morgan fingerprint density at radius 3 is 1.92 bits per heavy atom. The minimum atomic E-state index is 0. The Morgan fingerprint density at radius 1 is 0.917 bits per heavy atom. The number of halogens is 2. The average Bonchev–Trinajstić information content (AvgIpc) is 1.97. The summed E-state index contributed by atoms with van der Waals surface area (Å²) in [6.07, 6.45) is 10.0. The van der Waals surface area contributed by atoms with Gasteiger partial charge in [0.1, 0.15) is 0 Å². The van der Waals surface area contributed by atoms with Crippen LogP contribution >= 0.6 is 24.8 Å². The molecule has 0 heterocycles. The molecule has 0 radical (unpaired) electrons. The Hall–Kier alpha value is 0.982. The molecule has 0 rings (SSSR count). The Labute approximate surface area is 99.8 Å². The molecule has 0 aliphatic rings. The zero-order valence-electron chi connectivity index (χ0n) is 7.37. The van der Waals surface area contributed by atoms with Gasteiger partial charge in [-0.2, -0.15) is 0 Å². The van der Waals surface area contributed by atoms with Crippen molar-refractivity contribution in [2.24, 2.45) is 0 Å². The summed E-state index contributed by atoms with van der Waals surface area (Å²) >= 11 is 3.18. The molecule has 0 aromatic rings. The molecule has 0 spiro atoms. The fraction of sp³-hybridized carbons (Fsp3) is 0.778. The first-order valence-electron chi connectivity index (χ1n) is 4.04. The van der Waals surface area contributed by atoms with Crippen LogP contribution in [0.2, 0.25) is 4.89 Å². The minimum Gasteiger partial charge on any atom is -0.147 e. The smallest absolute Gasteiger partial charge is 0.147 e. The third-order valence-electron chi connectivity index (χ3n) is 1.52. The maximum absolute atomic E-state index is 3.69. The Kier molecular flexibility index (Phi) is 27.9. The van der Waals surface area contributed by atoms with E-state index >= 15 is 0 Å². The fourth-order valence-corrected chi connectivity index (χ4v) is 1.29. The summed E-state index contributed by atoms with van der Waals surface area (Å²) in [6.45, 7) is 3.69. The normalized spacial score (nSPS) is 8.17. The van der Waals surface area contributed by atoms with Crippen LogP contribution in [0.5, 0.6) is 0 Å². The molecular formula is C9H19Cl2Pd. The van der Waals surface area contributed by atoms with Gasteiger partial charge in [-0.1, -0.05) is 0 Å². The van der Waals surface area contributed by atoms with Crippen molar-refractivity contribution in [3.63, 3.8) is 0 Å². The van der Waals surface area contributed by atoms with Gasteiger partial charge in [0.25, 0.3) is 0 Å². The van der Waals surface area contributed by atoms with Crippen LogP contribution in [0.25, 0.3) is 0 Å². The van der Waals surface area contributed by atoms with Crippen LogP contribution in [0.1, 0.15) is 38.5 Å². The summed E-state index contributed by atoms with van der Waals surface area (Å²) in [4.78, 5) is 1.20. The predicted molar refractivity (Wildman–Crippen MR) is 57.2 cm³/mol. The van der Waals surface area contributed by atoms with E-state index in [1.807, 2.05) is 6.08 Å². The Morgan fingerprint density at radius 2 is 1.42 bits per heavy atom. The van der Waals surface area contributed by atoms with Crippen molar-refractivity contribution in [1.82, 2.24) is 0 Å². The molecule has 0 aliphatic carbocycles. The third kappa shape index (κ3) is 17.2. The van der Waals surface area contributed by atoms with Crippen molar-refractivity contribution in [2.45, 2.75) is 43.4 Å². The molecule has 0 atom stereocenters. The van der Waals surface area contributed by atoms with Gasteiger partial charge in [-0.05, 0) is 0 Å². The van der Waals surface area contributed by atoms with Crippen LogP contribution in [0, 0.1) is 0 Å². The van der Waals surface area contributed by atoms with E-state index in [0.29, 0.717) is 0 Å². The van der Waals surface area contributed by atoms with Crippen LogP contribution in [0.3, 0.4) is 0 Å². The Balaban J connectivity index is -0.000000405. The number of allylic oxidation sites excluding steroid dienone is 1. The maximum Gasteiger partial charge on any atom is -0.147 e. The molecule has 12 heavy (non-hydrogen) atoms. The van der Waals surface area contributed by atoms with E-state index in [0.717, 1.165) is 0 Å². The van der Waals surface area contributed by atoms with E-state index in [1.54, 1.807) is 0 Å². The van der Waals surface area contributed by atoms with Gasteiger partial charge in [-0.15, -0.1) is 24.8 Å². The first-order valence-corrected chi connectivity index (χ1v) is 5.14.